The molecule has 0 spiro atoms. The third-order valence-electron chi connectivity index (χ3n) is 5.32. The van der Waals surface area contributed by atoms with E-state index in [0.717, 1.165) is 6.07 Å². The highest BCUT2D eigenvalue weighted by Gasteiger charge is 2.34. The number of carbonyl (C=O) groups is 2. The summed E-state index contributed by atoms with van der Waals surface area (Å²) in [6, 6.07) is 9.69. The van der Waals surface area contributed by atoms with Gasteiger partial charge in [0.05, 0.1) is 23.8 Å². The van der Waals surface area contributed by atoms with E-state index in [2.05, 4.69) is 10.6 Å². The molecule has 32 heavy (non-hydrogen) atoms. The summed E-state index contributed by atoms with van der Waals surface area (Å²) in [7, 11) is 0. The Kier molecular flexibility index (Phi) is 7.47. The summed E-state index contributed by atoms with van der Waals surface area (Å²) >= 11 is 0. The molecule has 1 aliphatic rings. The number of anilines is 2. The van der Waals surface area contributed by atoms with Gasteiger partial charge in [0.25, 0.3) is 0 Å². The Bertz CT molecular complexity index is 942. The second-order valence-corrected chi connectivity index (χ2v) is 7.58. The maximum Gasteiger partial charge on any atom is 0.418 e. The first kappa shape index (κ1) is 23.7. The van der Waals surface area contributed by atoms with Crippen LogP contribution < -0.4 is 10.6 Å². The van der Waals surface area contributed by atoms with Gasteiger partial charge in [0.15, 0.2) is 0 Å². The van der Waals surface area contributed by atoms with Crippen molar-refractivity contribution in [3.63, 3.8) is 0 Å². The van der Waals surface area contributed by atoms with Crippen molar-refractivity contribution >= 4 is 23.2 Å². The standard InChI is InChI=1S/C22H24F4N4O2/c1-15(21(32)28-19-5-3-2-4-18(19)22(24,25)26)30-12-10-29(11-13-30)14-20(31)27-17-8-6-16(23)7-9-17/h2-9,15H,10-14H2,1H3,(H,27,31)(H,28,32). The molecule has 1 unspecified atom stereocenters. The molecule has 3 rings (SSSR count). The second-order valence-electron chi connectivity index (χ2n) is 7.58. The largest absolute Gasteiger partial charge is 0.418 e. The van der Waals surface area contributed by atoms with E-state index in [4.69, 9.17) is 0 Å². The van der Waals surface area contributed by atoms with Gasteiger partial charge in [-0.2, -0.15) is 13.2 Å². The number of hydrogen-bond donors (Lipinski definition) is 2. The molecule has 1 heterocycles. The van der Waals surface area contributed by atoms with Crippen LogP contribution in [0.15, 0.2) is 48.5 Å². The van der Waals surface area contributed by atoms with Gasteiger partial charge in [0, 0.05) is 31.9 Å². The number of nitrogens with zero attached hydrogens (tertiary/aromatic N) is 2. The smallest absolute Gasteiger partial charge is 0.325 e. The minimum absolute atomic E-state index is 0.144. The van der Waals surface area contributed by atoms with Crippen molar-refractivity contribution < 1.29 is 27.2 Å². The second kappa shape index (κ2) is 10.1. The van der Waals surface area contributed by atoms with Crippen LogP contribution in [0.2, 0.25) is 0 Å². The zero-order chi connectivity index (χ0) is 23.3. The fourth-order valence-corrected chi connectivity index (χ4v) is 3.49. The Labute approximate surface area is 183 Å². The summed E-state index contributed by atoms with van der Waals surface area (Å²) < 4.78 is 52.4. The van der Waals surface area contributed by atoms with Crippen LogP contribution in [-0.2, 0) is 15.8 Å². The molecule has 1 saturated heterocycles. The van der Waals surface area contributed by atoms with E-state index in [0.29, 0.717) is 31.9 Å². The number of amides is 2. The topological polar surface area (TPSA) is 64.7 Å². The minimum atomic E-state index is -4.56. The molecule has 0 radical (unpaired) electrons. The van der Waals surface area contributed by atoms with Crippen LogP contribution in [0.25, 0.3) is 0 Å². The molecule has 2 aromatic carbocycles. The number of nitrogens with one attached hydrogen (secondary N) is 2. The zero-order valence-corrected chi connectivity index (χ0v) is 17.5. The molecule has 1 aliphatic heterocycles. The van der Waals surface area contributed by atoms with Crippen LogP contribution in [0.4, 0.5) is 28.9 Å². The molecule has 6 nitrogen and oxygen atoms in total. The summed E-state index contributed by atoms with van der Waals surface area (Å²) in [5, 5.41) is 5.08. The van der Waals surface area contributed by atoms with Gasteiger partial charge in [-0.3, -0.25) is 19.4 Å². The minimum Gasteiger partial charge on any atom is -0.325 e. The summed E-state index contributed by atoms with van der Waals surface area (Å²) in [5.74, 6) is -1.15. The first-order chi connectivity index (χ1) is 15.1. The molecule has 0 aromatic heterocycles. The molecule has 0 saturated carbocycles. The monoisotopic (exact) mass is 452 g/mol. The Hall–Kier alpha value is -2.98. The average molecular weight is 452 g/mol. The first-order valence-electron chi connectivity index (χ1n) is 10.1. The zero-order valence-electron chi connectivity index (χ0n) is 17.5. The van der Waals surface area contributed by atoms with E-state index in [9.17, 15) is 27.2 Å². The number of hydrogen-bond acceptors (Lipinski definition) is 4. The van der Waals surface area contributed by atoms with Crippen LogP contribution in [0.3, 0.4) is 0 Å². The van der Waals surface area contributed by atoms with Crippen LogP contribution in [-0.4, -0.2) is 60.4 Å². The molecule has 2 N–H and O–H groups in total. The molecular formula is C22H24F4N4O2. The molecule has 2 aromatic rings. The predicted octanol–water partition coefficient (Wildman–Crippen LogP) is 3.43. The summed E-state index contributed by atoms with van der Waals surface area (Å²) in [4.78, 5) is 28.5. The van der Waals surface area contributed by atoms with Crippen LogP contribution >= 0.6 is 0 Å². The number of rotatable bonds is 6. The molecular weight excluding hydrogens is 428 g/mol. The number of alkyl halides is 3. The number of carbonyl (C=O) groups excluding carboxylic acids is 2. The van der Waals surface area contributed by atoms with Crippen molar-refractivity contribution in [2.75, 3.05) is 43.4 Å². The first-order valence-corrected chi connectivity index (χ1v) is 10.1. The molecule has 0 bridgehead atoms. The average Bonchev–Trinajstić information content (AvgIpc) is 2.75. The lowest BCUT2D eigenvalue weighted by atomic mass is 10.1. The Balaban J connectivity index is 1.49. The van der Waals surface area contributed by atoms with Crippen molar-refractivity contribution in [1.29, 1.82) is 0 Å². The van der Waals surface area contributed by atoms with Gasteiger partial charge in [-0.05, 0) is 43.3 Å². The van der Waals surface area contributed by atoms with Crippen molar-refractivity contribution in [3.05, 3.63) is 59.9 Å². The third-order valence-corrected chi connectivity index (χ3v) is 5.32. The molecule has 2 amide bonds. The molecule has 1 fully saturated rings. The highest BCUT2D eigenvalue weighted by atomic mass is 19.4. The van der Waals surface area contributed by atoms with E-state index >= 15 is 0 Å². The van der Waals surface area contributed by atoms with Gasteiger partial charge in [0.2, 0.25) is 11.8 Å². The maximum atomic E-state index is 13.1. The summed E-state index contributed by atoms with van der Waals surface area (Å²) in [6.45, 7) is 3.80. The van der Waals surface area contributed by atoms with Crippen LogP contribution in [0, 0.1) is 5.82 Å². The lowest BCUT2D eigenvalue weighted by Gasteiger charge is -2.37. The highest BCUT2D eigenvalue weighted by molar-refractivity contribution is 5.95. The van der Waals surface area contributed by atoms with Crippen LogP contribution in [0.1, 0.15) is 12.5 Å². The number of benzene rings is 2. The molecule has 0 aliphatic carbocycles. The Morgan fingerprint density at radius 2 is 1.59 bits per heavy atom. The van der Waals surface area contributed by atoms with E-state index in [-0.39, 0.29) is 24.0 Å². The quantitative estimate of drug-likeness (QED) is 0.660. The summed E-state index contributed by atoms with van der Waals surface area (Å²) in [6.07, 6.45) is -4.56. The van der Waals surface area contributed by atoms with E-state index < -0.39 is 23.7 Å². The number of piperazine rings is 1. The van der Waals surface area contributed by atoms with Crippen molar-refractivity contribution in [2.24, 2.45) is 0 Å². The van der Waals surface area contributed by atoms with Gasteiger partial charge >= 0.3 is 6.18 Å². The normalized spacial score (nSPS) is 16.4. The fourth-order valence-electron chi connectivity index (χ4n) is 3.49. The number of para-hydroxylation sites is 1. The van der Waals surface area contributed by atoms with E-state index in [1.807, 2.05) is 9.80 Å². The number of halogens is 4. The third kappa shape index (κ3) is 6.27. The Morgan fingerprint density at radius 3 is 2.22 bits per heavy atom. The van der Waals surface area contributed by atoms with Gasteiger partial charge in [-0.15, -0.1) is 0 Å². The molecule has 172 valence electrons. The SMILES string of the molecule is CC(C(=O)Nc1ccccc1C(F)(F)F)N1CCN(CC(=O)Nc2ccc(F)cc2)CC1. The lowest BCUT2D eigenvalue weighted by Crippen LogP contribution is -2.53. The van der Waals surface area contributed by atoms with Gasteiger partial charge in [0.1, 0.15) is 5.82 Å². The van der Waals surface area contributed by atoms with Crippen molar-refractivity contribution in [2.45, 2.75) is 19.1 Å². The maximum absolute atomic E-state index is 13.1. The Morgan fingerprint density at radius 1 is 0.969 bits per heavy atom. The van der Waals surface area contributed by atoms with Crippen LogP contribution in [0.5, 0.6) is 0 Å². The molecule has 10 heteroatoms. The fraction of sp³-hybridized carbons (Fsp3) is 0.364. The van der Waals surface area contributed by atoms with Crippen molar-refractivity contribution in [1.82, 2.24) is 9.80 Å². The van der Waals surface area contributed by atoms with Gasteiger partial charge < -0.3 is 10.6 Å². The van der Waals surface area contributed by atoms with E-state index in [1.165, 1.54) is 42.5 Å². The highest BCUT2D eigenvalue weighted by Crippen LogP contribution is 2.34. The van der Waals surface area contributed by atoms with Gasteiger partial charge in [-0.25, -0.2) is 4.39 Å². The van der Waals surface area contributed by atoms with Gasteiger partial charge in [-0.1, -0.05) is 12.1 Å². The molecule has 1 atom stereocenters. The van der Waals surface area contributed by atoms with Crippen molar-refractivity contribution in [3.8, 4) is 0 Å². The predicted molar refractivity (Wildman–Crippen MR) is 113 cm³/mol. The van der Waals surface area contributed by atoms with E-state index in [1.54, 1.807) is 6.92 Å². The lowest BCUT2D eigenvalue weighted by molar-refractivity contribution is -0.137. The summed E-state index contributed by atoms with van der Waals surface area (Å²) in [5.41, 5.74) is -0.662.